The number of sulfonamides is 1. The Morgan fingerprint density at radius 3 is 2.80 bits per heavy atom. The Morgan fingerprint density at radius 2 is 2.12 bits per heavy atom. The largest absolute Gasteiger partial charge is 0.301 e. The van der Waals surface area contributed by atoms with Crippen LogP contribution in [0.4, 0.5) is 5.13 Å². The molecule has 1 aromatic heterocycles. The van der Waals surface area contributed by atoms with Crippen molar-refractivity contribution in [3.8, 4) is 11.3 Å². The van der Waals surface area contributed by atoms with Crippen molar-refractivity contribution in [3.63, 3.8) is 0 Å². The monoisotopic (exact) mass is 419 g/mol. The molecule has 1 aliphatic heterocycles. The van der Waals surface area contributed by atoms with Gasteiger partial charge in [0.15, 0.2) is 5.13 Å². The topological polar surface area (TPSA) is 79.4 Å². The van der Waals surface area contributed by atoms with Crippen LogP contribution in [0.3, 0.4) is 0 Å². The molecule has 0 aliphatic carbocycles. The lowest BCUT2D eigenvalue weighted by Crippen LogP contribution is -2.42. The summed E-state index contributed by atoms with van der Waals surface area (Å²) in [4.78, 5) is 16.8. The van der Waals surface area contributed by atoms with Gasteiger partial charge in [-0.1, -0.05) is 29.3 Å². The third-order valence-corrected chi connectivity index (χ3v) is 6.67. The molecule has 0 bridgehead atoms. The van der Waals surface area contributed by atoms with Gasteiger partial charge in [-0.05, 0) is 25.0 Å². The van der Waals surface area contributed by atoms with Crippen LogP contribution >= 0.6 is 34.5 Å². The predicted octanol–water partition coefficient (Wildman–Crippen LogP) is 3.48. The van der Waals surface area contributed by atoms with Gasteiger partial charge in [0, 0.05) is 17.5 Å². The SMILES string of the molecule is CS(=O)(=O)N1CCCC1C(=O)Nc1nc(-c2ccc(Cl)c(Cl)c2)cs1. The maximum atomic E-state index is 12.4. The highest BCUT2D eigenvalue weighted by Gasteiger charge is 2.36. The summed E-state index contributed by atoms with van der Waals surface area (Å²) in [5, 5.41) is 5.78. The molecule has 25 heavy (non-hydrogen) atoms. The van der Waals surface area contributed by atoms with Crippen molar-refractivity contribution in [2.75, 3.05) is 18.1 Å². The van der Waals surface area contributed by atoms with Gasteiger partial charge in [0.1, 0.15) is 6.04 Å². The van der Waals surface area contributed by atoms with E-state index in [-0.39, 0.29) is 5.91 Å². The molecule has 1 fully saturated rings. The van der Waals surface area contributed by atoms with E-state index in [0.717, 1.165) is 11.8 Å². The molecule has 1 aromatic carbocycles. The second kappa shape index (κ2) is 7.20. The lowest BCUT2D eigenvalue weighted by atomic mass is 10.2. The summed E-state index contributed by atoms with van der Waals surface area (Å²) in [6.07, 6.45) is 2.28. The molecular formula is C15H15Cl2N3O3S2. The summed E-state index contributed by atoms with van der Waals surface area (Å²) >= 11 is 13.2. The van der Waals surface area contributed by atoms with E-state index in [1.807, 2.05) is 0 Å². The second-order valence-corrected chi connectivity index (χ2v) is 9.30. The Bertz CT molecular complexity index is 914. The zero-order chi connectivity index (χ0) is 18.2. The maximum Gasteiger partial charge on any atom is 0.244 e. The normalized spacial score (nSPS) is 18.4. The Kier molecular flexibility index (Phi) is 5.36. The molecule has 134 valence electrons. The Labute approximate surface area is 159 Å². The zero-order valence-corrected chi connectivity index (χ0v) is 16.3. The van der Waals surface area contributed by atoms with Gasteiger partial charge < -0.3 is 5.32 Å². The minimum absolute atomic E-state index is 0.363. The number of rotatable bonds is 4. The van der Waals surface area contributed by atoms with E-state index in [4.69, 9.17) is 23.2 Å². The van der Waals surface area contributed by atoms with Gasteiger partial charge in [-0.3, -0.25) is 4.79 Å². The minimum Gasteiger partial charge on any atom is -0.301 e. The fraction of sp³-hybridized carbons (Fsp3) is 0.333. The van der Waals surface area contributed by atoms with Crippen molar-refractivity contribution >= 4 is 55.6 Å². The molecule has 2 heterocycles. The van der Waals surface area contributed by atoms with Crippen LogP contribution in [-0.2, 0) is 14.8 Å². The summed E-state index contributed by atoms with van der Waals surface area (Å²) in [6.45, 7) is 0.364. The van der Waals surface area contributed by atoms with Crippen LogP contribution in [0.5, 0.6) is 0 Å². The van der Waals surface area contributed by atoms with Crippen molar-refractivity contribution in [2.24, 2.45) is 0 Å². The van der Waals surface area contributed by atoms with Crippen LogP contribution in [-0.4, -0.2) is 42.5 Å². The maximum absolute atomic E-state index is 12.4. The molecule has 0 radical (unpaired) electrons. The predicted molar refractivity (Wildman–Crippen MR) is 101 cm³/mol. The van der Waals surface area contributed by atoms with E-state index in [9.17, 15) is 13.2 Å². The van der Waals surface area contributed by atoms with Gasteiger partial charge in [-0.15, -0.1) is 11.3 Å². The molecule has 1 saturated heterocycles. The summed E-state index contributed by atoms with van der Waals surface area (Å²) < 4.78 is 24.7. The zero-order valence-electron chi connectivity index (χ0n) is 13.2. The molecule has 1 N–H and O–H groups in total. The number of hydrogen-bond acceptors (Lipinski definition) is 5. The third kappa shape index (κ3) is 4.15. The van der Waals surface area contributed by atoms with Crippen LogP contribution in [0.1, 0.15) is 12.8 Å². The van der Waals surface area contributed by atoms with Gasteiger partial charge in [-0.25, -0.2) is 13.4 Å². The number of carbonyl (C=O) groups excluding carboxylic acids is 1. The van der Waals surface area contributed by atoms with Crippen LogP contribution in [0.15, 0.2) is 23.6 Å². The summed E-state index contributed by atoms with van der Waals surface area (Å²) in [5.41, 5.74) is 1.44. The third-order valence-electron chi connectivity index (χ3n) is 3.88. The molecule has 1 aliphatic rings. The van der Waals surface area contributed by atoms with E-state index in [0.29, 0.717) is 40.3 Å². The Morgan fingerprint density at radius 1 is 1.36 bits per heavy atom. The van der Waals surface area contributed by atoms with Gasteiger partial charge in [-0.2, -0.15) is 4.31 Å². The molecule has 1 amide bonds. The smallest absolute Gasteiger partial charge is 0.244 e. The average Bonchev–Trinajstić information content (AvgIpc) is 3.18. The van der Waals surface area contributed by atoms with E-state index in [1.165, 1.54) is 15.6 Å². The highest BCUT2D eigenvalue weighted by Crippen LogP contribution is 2.31. The fourth-order valence-electron chi connectivity index (χ4n) is 2.71. The molecule has 3 rings (SSSR count). The van der Waals surface area contributed by atoms with Gasteiger partial charge in [0.25, 0.3) is 0 Å². The molecule has 2 aromatic rings. The van der Waals surface area contributed by atoms with Crippen LogP contribution < -0.4 is 5.32 Å². The Balaban J connectivity index is 1.75. The lowest BCUT2D eigenvalue weighted by Gasteiger charge is -2.20. The van der Waals surface area contributed by atoms with Gasteiger partial charge in [0.2, 0.25) is 15.9 Å². The Hall–Kier alpha value is -1.19. The number of hydrogen-bond donors (Lipinski definition) is 1. The first-order chi connectivity index (χ1) is 11.8. The number of amides is 1. The first-order valence-corrected chi connectivity index (χ1v) is 10.9. The van der Waals surface area contributed by atoms with Gasteiger partial charge in [0.05, 0.1) is 22.0 Å². The van der Waals surface area contributed by atoms with Crippen molar-refractivity contribution in [1.82, 2.24) is 9.29 Å². The second-order valence-electron chi connectivity index (χ2n) is 5.69. The fourth-order valence-corrected chi connectivity index (χ4v) is 4.85. The van der Waals surface area contributed by atoms with Crippen molar-refractivity contribution in [1.29, 1.82) is 0 Å². The summed E-state index contributed by atoms with van der Waals surface area (Å²) in [6, 6.07) is 4.48. The molecular weight excluding hydrogens is 405 g/mol. The standard InChI is InChI=1S/C15H15Cl2N3O3S2/c1-25(22,23)20-6-2-3-13(20)14(21)19-15-18-12(8-24-15)9-4-5-10(16)11(17)7-9/h4-5,7-8,13H,2-3,6H2,1H3,(H,18,19,21). The molecule has 0 spiro atoms. The number of halogens is 2. The number of nitrogens with one attached hydrogen (secondary N) is 1. The van der Waals surface area contributed by atoms with Crippen LogP contribution in [0.2, 0.25) is 10.0 Å². The summed E-state index contributed by atoms with van der Waals surface area (Å²) in [5.74, 6) is -0.363. The number of nitrogens with zero attached hydrogens (tertiary/aromatic N) is 2. The van der Waals surface area contributed by atoms with Crippen molar-refractivity contribution < 1.29 is 13.2 Å². The number of benzene rings is 1. The summed E-state index contributed by atoms with van der Waals surface area (Å²) in [7, 11) is -3.41. The van der Waals surface area contributed by atoms with Gasteiger partial charge >= 0.3 is 0 Å². The first-order valence-electron chi connectivity index (χ1n) is 7.44. The van der Waals surface area contributed by atoms with Crippen LogP contribution in [0.25, 0.3) is 11.3 Å². The highest BCUT2D eigenvalue weighted by molar-refractivity contribution is 7.88. The molecule has 1 atom stereocenters. The first kappa shape index (κ1) is 18.6. The average molecular weight is 420 g/mol. The van der Waals surface area contributed by atoms with E-state index in [2.05, 4.69) is 10.3 Å². The molecule has 0 saturated carbocycles. The van der Waals surface area contributed by atoms with E-state index < -0.39 is 16.1 Å². The quantitative estimate of drug-likeness (QED) is 0.822. The number of carbonyl (C=O) groups is 1. The van der Waals surface area contributed by atoms with Crippen LogP contribution in [0, 0.1) is 0 Å². The number of anilines is 1. The molecule has 1 unspecified atom stereocenters. The molecule has 10 heteroatoms. The van der Waals surface area contributed by atoms with E-state index >= 15 is 0 Å². The number of aromatic nitrogens is 1. The lowest BCUT2D eigenvalue weighted by molar-refractivity contribution is -0.119. The van der Waals surface area contributed by atoms with E-state index in [1.54, 1.807) is 23.6 Å². The van der Waals surface area contributed by atoms with Crippen molar-refractivity contribution in [3.05, 3.63) is 33.6 Å². The molecule has 6 nitrogen and oxygen atoms in total. The minimum atomic E-state index is -3.41. The number of thiazole rings is 1. The highest BCUT2D eigenvalue weighted by atomic mass is 35.5. The van der Waals surface area contributed by atoms with Crippen molar-refractivity contribution in [2.45, 2.75) is 18.9 Å².